The molecule has 2 heterocycles. The number of carbonyl (C=O) groups is 1. The number of ketones is 1. The van der Waals surface area contributed by atoms with Crippen molar-refractivity contribution < 1.29 is 22.7 Å². The van der Waals surface area contributed by atoms with E-state index in [-0.39, 0.29) is 11.5 Å². The van der Waals surface area contributed by atoms with E-state index in [0.717, 1.165) is 26.9 Å². The smallest absolute Gasteiger partial charge is 0.419 e. The highest BCUT2D eigenvalue weighted by Crippen LogP contribution is 2.37. The number of allylic oxidation sites excluding steroid dienone is 2. The lowest BCUT2D eigenvalue weighted by molar-refractivity contribution is -0.138. The summed E-state index contributed by atoms with van der Waals surface area (Å²) >= 11 is -0.446. The molecule has 2 aliphatic heterocycles. The van der Waals surface area contributed by atoms with Gasteiger partial charge in [0.1, 0.15) is 5.75 Å². The van der Waals surface area contributed by atoms with Gasteiger partial charge in [-0.2, -0.15) is 13.2 Å². The maximum Gasteiger partial charge on any atom is 0.419 e. The number of halogens is 4. The molecule has 5 nitrogen and oxygen atoms in total. The summed E-state index contributed by atoms with van der Waals surface area (Å²) < 4.78 is 46.8. The van der Waals surface area contributed by atoms with Crippen molar-refractivity contribution in [2.24, 2.45) is 4.99 Å². The first kappa shape index (κ1) is 27.8. The van der Waals surface area contributed by atoms with Gasteiger partial charge in [0.15, 0.2) is 9.63 Å². The minimum Gasteiger partial charge on any atom is -0.496 e. The number of aliphatic imine (C=N–C) groups is 1. The van der Waals surface area contributed by atoms with E-state index in [1.54, 1.807) is 6.07 Å². The molecule has 0 saturated carbocycles. The van der Waals surface area contributed by atoms with Crippen molar-refractivity contribution in [3.63, 3.8) is 0 Å². The molecule has 0 atom stereocenters. The van der Waals surface area contributed by atoms with Crippen LogP contribution >= 0.6 is 20.7 Å². The number of benzene rings is 3. The van der Waals surface area contributed by atoms with Crippen LogP contribution in [0.3, 0.4) is 0 Å². The van der Waals surface area contributed by atoms with Crippen LogP contribution in [0.25, 0.3) is 5.70 Å². The lowest BCUT2D eigenvalue weighted by Gasteiger charge is -2.25. The number of carbonyl (C=O) groups excluding carboxylic acids is 1. The molecule has 0 amide bonds. The summed E-state index contributed by atoms with van der Waals surface area (Å²) in [6, 6.07) is 21.5. The number of fused-ring (bicyclic) bond motifs is 1. The molecule has 2 aliphatic rings. The van der Waals surface area contributed by atoms with Gasteiger partial charge in [-0.1, -0.05) is 54.6 Å². The van der Waals surface area contributed by atoms with Crippen molar-refractivity contribution in [3.8, 4) is 5.75 Å². The van der Waals surface area contributed by atoms with Crippen LogP contribution in [0, 0.1) is 0 Å². The summed E-state index contributed by atoms with van der Waals surface area (Å²) in [6.07, 6.45) is 3.69. The number of alkyl halides is 3. The average Bonchev–Trinajstić information content (AvgIpc) is 3.38. The maximum atomic E-state index is 13.3. The first-order chi connectivity index (χ1) is 19.3. The summed E-state index contributed by atoms with van der Waals surface area (Å²) in [4.78, 5) is 17.5. The molecule has 0 fully saturated rings. The highest BCUT2D eigenvalue weighted by molar-refractivity contribution is 14.2. The number of hydrazine groups is 1. The Morgan fingerprint density at radius 3 is 2.52 bits per heavy atom. The fourth-order valence-electron chi connectivity index (χ4n) is 4.48. The Morgan fingerprint density at radius 1 is 1.02 bits per heavy atom. The van der Waals surface area contributed by atoms with Gasteiger partial charge < -0.3 is 4.74 Å². The highest BCUT2D eigenvalue weighted by Gasteiger charge is 2.34. The third-order valence-corrected chi connectivity index (χ3v) is 8.90. The van der Waals surface area contributed by atoms with Crippen LogP contribution in [0.1, 0.15) is 46.3 Å². The minimum atomic E-state index is -4.47. The molecule has 1 N–H and O–H groups in total. The second kappa shape index (κ2) is 12.2. The van der Waals surface area contributed by atoms with Gasteiger partial charge in [-0.15, -0.1) is 0 Å². The Hall–Kier alpha value is -3.73. The average molecular weight is 657 g/mol. The first-order valence-corrected chi connectivity index (χ1v) is 15.0. The molecule has 0 radical (unpaired) electrons. The lowest BCUT2D eigenvalue weighted by Crippen LogP contribution is -2.37. The Labute approximate surface area is 240 Å². The zero-order chi connectivity index (χ0) is 28.1. The number of nitrogens with one attached hydrogen (secondary N) is 1. The third kappa shape index (κ3) is 6.52. The Balaban J connectivity index is 1.16. The van der Waals surface area contributed by atoms with E-state index in [9.17, 15) is 18.0 Å². The Morgan fingerprint density at radius 2 is 1.80 bits per heavy atom. The number of nitrogens with zero attached hydrogens (tertiary/aromatic N) is 2. The van der Waals surface area contributed by atoms with Gasteiger partial charge in [0.25, 0.3) is 0 Å². The van der Waals surface area contributed by atoms with Gasteiger partial charge in [-0.25, -0.2) is 10.0 Å². The quantitative estimate of drug-likeness (QED) is 0.110. The van der Waals surface area contributed by atoms with Crippen LogP contribution < -0.4 is 10.2 Å². The van der Waals surface area contributed by atoms with Crippen molar-refractivity contribution in [2.75, 3.05) is 7.11 Å². The second-order valence-corrected chi connectivity index (χ2v) is 11.9. The summed E-state index contributed by atoms with van der Waals surface area (Å²) in [5.74, 6) is -0.170. The molecule has 0 aromatic heterocycles. The van der Waals surface area contributed by atoms with Gasteiger partial charge in [0, 0.05) is 17.5 Å². The van der Waals surface area contributed by atoms with Gasteiger partial charge in [-0.3, -0.25) is 10.2 Å². The number of rotatable bonds is 9. The predicted octanol–water partition coefficient (Wildman–Crippen LogP) is 7.83. The number of hydrogen-bond donors (Lipinski definition) is 1. The van der Waals surface area contributed by atoms with Crippen molar-refractivity contribution in [1.82, 2.24) is 10.4 Å². The fraction of sp³-hybridized carbons (Fsp3) is 0.194. The number of aryl methyl sites for hydroxylation is 1. The van der Waals surface area contributed by atoms with E-state index in [1.807, 2.05) is 66.7 Å². The summed E-state index contributed by atoms with van der Waals surface area (Å²) in [5.41, 5.74) is 6.74. The van der Waals surface area contributed by atoms with Crippen molar-refractivity contribution in [2.45, 2.75) is 31.9 Å². The van der Waals surface area contributed by atoms with Crippen LogP contribution in [0.2, 0.25) is 0 Å². The highest BCUT2D eigenvalue weighted by atomic mass is 127. The SMILES string of the molecule is COc1ccc(CCCCC(=O)c2ccc(C3=CC=CC4=IC(=Nc5ccccc5)NN34)cc2)cc1C(F)(F)F. The topological polar surface area (TPSA) is 53.9 Å². The van der Waals surface area contributed by atoms with E-state index < -0.39 is 32.5 Å². The van der Waals surface area contributed by atoms with Crippen molar-refractivity contribution >= 4 is 45.4 Å². The Kier molecular flexibility index (Phi) is 8.49. The first-order valence-electron chi connectivity index (χ1n) is 12.8. The molecular formula is C31H27F3IN3O2. The summed E-state index contributed by atoms with van der Waals surface area (Å²) in [6.45, 7) is 0. The number of unbranched alkanes of at least 4 members (excludes halogenated alkanes) is 1. The van der Waals surface area contributed by atoms with Crippen LogP contribution in [0.15, 0.2) is 96.0 Å². The minimum absolute atomic E-state index is 0.0180. The van der Waals surface area contributed by atoms with Crippen LogP contribution in [-0.4, -0.2) is 25.4 Å². The molecule has 0 aliphatic carbocycles. The molecule has 3 aromatic rings. The van der Waals surface area contributed by atoms with Gasteiger partial charge in [0.05, 0.1) is 27.7 Å². The van der Waals surface area contributed by atoms with Crippen LogP contribution in [0.5, 0.6) is 5.75 Å². The molecule has 40 heavy (non-hydrogen) atoms. The molecule has 206 valence electrons. The van der Waals surface area contributed by atoms with Gasteiger partial charge in [0.2, 0.25) is 0 Å². The molecule has 0 unspecified atom stereocenters. The number of methoxy groups -OCH3 is 1. The molecular weight excluding hydrogens is 630 g/mol. The van der Waals surface area contributed by atoms with E-state index in [4.69, 9.17) is 9.73 Å². The van der Waals surface area contributed by atoms with E-state index in [2.05, 4.69) is 16.5 Å². The standard InChI is InChI=1S/C31H27F3IN3O2/c1-40-28-19-14-21(20-25(28)31(32,33)34)8-5-6-12-27(39)23-17-15-22(16-18-23)26-11-7-13-29-35-30(37-38(26)29)36-24-9-3-2-4-10-24/h2-4,7,9-11,13-20H,5-6,8,12H2,1H3,(H,36,37). The zero-order valence-electron chi connectivity index (χ0n) is 21.7. The monoisotopic (exact) mass is 657 g/mol. The molecule has 9 heteroatoms. The number of Topliss-reactive ketones (excluding diaryl/α,β-unsaturated/α-hetero) is 1. The maximum absolute atomic E-state index is 13.3. The predicted molar refractivity (Wildman–Crippen MR) is 161 cm³/mol. The second-order valence-electron chi connectivity index (χ2n) is 9.25. The molecule has 5 rings (SSSR count). The lowest BCUT2D eigenvalue weighted by atomic mass is 9.99. The number of hydrogen-bond acceptors (Lipinski definition) is 4. The van der Waals surface area contributed by atoms with Gasteiger partial charge >= 0.3 is 6.18 Å². The molecule has 0 spiro atoms. The molecule has 0 saturated heterocycles. The normalized spacial score (nSPS) is 15.6. The van der Waals surface area contributed by atoms with E-state index in [1.165, 1.54) is 16.8 Å². The number of para-hydroxylation sites is 1. The number of amidine groups is 1. The van der Waals surface area contributed by atoms with E-state index in [0.29, 0.717) is 36.8 Å². The summed E-state index contributed by atoms with van der Waals surface area (Å²) in [5, 5.41) is 2.06. The van der Waals surface area contributed by atoms with Crippen LogP contribution in [0.4, 0.5) is 18.9 Å². The summed E-state index contributed by atoms with van der Waals surface area (Å²) in [7, 11) is 1.23. The van der Waals surface area contributed by atoms with Crippen LogP contribution in [-0.2, 0) is 12.6 Å². The largest absolute Gasteiger partial charge is 0.496 e. The fourth-order valence-corrected chi connectivity index (χ4v) is 6.77. The number of ether oxygens (including phenoxy) is 1. The van der Waals surface area contributed by atoms with Gasteiger partial charge in [-0.05, 0) is 82.0 Å². The van der Waals surface area contributed by atoms with Crippen molar-refractivity contribution in [3.05, 3.63) is 113 Å². The van der Waals surface area contributed by atoms with Crippen molar-refractivity contribution in [1.29, 1.82) is 0 Å². The molecule has 3 aromatic carbocycles. The third-order valence-electron chi connectivity index (χ3n) is 6.51. The molecule has 0 bridgehead atoms. The Bertz CT molecular complexity index is 1510. The van der Waals surface area contributed by atoms with E-state index >= 15 is 0 Å². The zero-order valence-corrected chi connectivity index (χ0v) is 23.9.